The minimum absolute atomic E-state index is 0.0451. The van der Waals surface area contributed by atoms with Crippen molar-refractivity contribution in [1.29, 1.82) is 0 Å². The van der Waals surface area contributed by atoms with E-state index in [1.165, 1.54) is 19.4 Å². The van der Waals surface area contributed by atoms with E-state index in [4.69, 9.17) is 16.7 Å². The average molecular weight is 229 g/mol. The number of hydrogen-bond donors (Lipinski definition) is 1. The van der Waals surface area contributed by atoms with Gasteiger partial charge in [-0.1, -0.05) is 11.6 Å². The Bertz CT molecular complexity index is 393. The number of carbonyl (C=O) groups excluding carboxylic acids is 1. The third kappa shape index (κ3) is 3.00. The zero-order chi connectivity index (χ0) is 11.3. The van der Waals surface area contributed by atoms with Crippen LogP contribution in [0.4, 0.5) is 0 Å². The van der Waals surface area contributed by atoms with E-state index in [0.717, 1.165) is 0 Å². The predicted octanol–water partition coefficient (Wildman–Crippen LogP) is 0.890. The van der Waals surface area contributed by atoms with E-state index < -0.39 is 5.97 Å². The van der Waals surface area contributed by atoms with Gasteiger partial charge in [0, 0.05) is 6.21 Å². The fraction of sp³-hybridized carbons (Fsp3) is 0.222. The maximum atomic E-state index is 11.1. The second-order valence-corrected chi connectivity index (χ2v) is 2.88. The summed E-state index contributed by atoms with van der Waals surface area (Å²) in [4.78, 5) is 18.6. The van der Waals surface area contributed by atoms with Gasteiger partial charge in [0.15, 0.2) is 0 Å². The van der Waals surface area contributed by atoms with Crippen LogP contribution in [-0.4, -0.2) is 36.1 Å². The van der Waals surface area contributed by atoms with Gasteiger partial charge in [0.25, 0.3) is 0 Å². The zero-order valence-electron chi connectivity index (χ0n) is 7.98. The van der Waals surface area contributed by atoms with Crippen molar-refractivity contribution in [3.8, 4) is 0 Å². The van der Waals surface area contributed by atoms with Gasteiger partial charge in [-0.3, -0.25) is 4.99 Å². The highest BCUT2D eigenvalue weighted by atomic mass is 35.5. The third-order valence-corrected chi connectivity index (χ3v) is 1.87. The molecule has 0 radical (unpaired) electrons. The number of carbonyl (C=O) groups is 1. The molecule has 0 amide bonds. The molecule has 5 nitrogen and oxygen atoms in total. The average Bonchev–Trinajstić information content (AvgIpc) is 2.25. The Kier molecular flexibility index (Phi) is 4.20. The van der Waals surface area contributed by atoms with Gasteiger partial charge in [-0.25, -0.2) is 9.78 Å². The molecule has 0 saturated heterocycles. The lowest BCUT2D eigenvalue weighted by atomic mass is 10.2. The van der Waals surface area contributed by atoms with E-state index in [1.807, 2.05) is 0 Å². The Labute approximate surface area is 91.4 Å². The molecule has 1 aromatic rings. The van der Waals surface area contributed by atoms with Gasteiger partial charge in [0.05, 0.1) is 18.4 Å². The molecule has 0 aliphatic carbocycles. The first-order valence-electron chi connectivity index (χ1n) is 4.04. The topological polar surface area (TPSA) is 71.8 Å². The molecule has 1 rings (SSSR count). The molecule has 0 spiro atoms. The molecule has 0 aromatic carbocycles. The summed E-state index contributed by atoms with van der Waals surface area (Å²) in [6.45, 7) is -0.321. The normalized spacial score (nSPS) is 10.6. The van der Waals surface area contributed by atoms with E-state index in [-0.39, 0.29) is 17.4 Å². The van der Waals surface area contributed by atoms with E-state index >= 15 is 0 Å². The summed E-state index contributed by atoms with van der Waals surface area (Å²) in [5.74, 6) is -0.543. The molecule has 1 N–H and O–H groups in total. The molecule has 0 bridgehead atoms. The maximum absolute atomic E-state index is 11.1. The molecule has 0 unspecified atom stereocenters. The van der Waals surface area contributed by atoms with Crippen molar-refractivity contribution < 1.29 is 14.6 Å². The maximum Gasteiger partial charge on any atom is 0.341 e. The van der Waals surface area contributed by atoms with Gasteiger partial charge in [-0.2, -0.15) is 0 Å². The van der Waals surface area contributed by atoms with E-state index in [0.29, 0.717) is 5.69 Å². The highest BCUT2D eigenvalue weighted by Gasteiger charge is 2.11. The van der Waals surface area contributed by atoms with Crippen molar-refractivity contribution in [3.63, 3.8) is 0 Å². The van der Waals surface area contributed by atoms with Crippen molar-refractivity contribution in [2.45, 2.75) is 0 Å². The van der Waals surface area contributed by atoms with Gasteiger partial charge in [0.2, 0.25) is 0 Å². The number of methoxy groups -OCH3 is 1. The van der Waals surface area contributed by atoms with Crippen LogP contribution in [0, 0.1) is 0 Å². The number of nitrogens with zero attached hydrogens (tertiary/aromatic N) is 2. The van der Waals surface area contributed by atoms with E-state index in [2.05, 4.69) is 14.7 Å². The molecule has 1 heterocycles. The molecule has 80 valence electrons. The second kappa shape index (κ2) is 5.43. The van der Waals surface area contributed by atoms with Crippen LogP contribution in [0.1, 0.15) is 16.1 Å². The quantitative estimate of drug-likeness (QED) is 0.474. The molecular weight excluding hydrogens is 220 g/mol. The molecule has 15 heavy (non-hydrogen) atoms. The molecule has 0 saturated carbocycles. The van der Waals surface area contributed by atoms with Crippen LogP contribution < -0.4 is 0 Å². The van der Waals surface area contributed by atoms with Crippen LogP contribution in [-0.2, 0) is 4.74 Å². The van der Waals surface area contributed by atoms with Gasteiger partial charge >= 0.3 is 5.97 Å². The highest BCUT2D eigenvalue weighted by Crippen LogP contribution is 2.14. The number of aliphatic hydroxyl groups excluding tert-OH is 1. The largest absolute Gasteiger partial charge is 0.465 e. The molecule has 0 atom stereocenters. The van der Waals surface area contributed by atoms with Crippen LogP contribution in [0.25, 0.3) is 0 Å². The molecule has 0 fully saturated rings. The van der Waals surface area contributed by atoms with Gasteiger partial charge in [-0.15, -0.1) is 0 Å². The SMILES string of the molecule is COC(=O)c1ccc(C=NCO)nc1Cl. The number of rotatable bonds is 3. The molecule has 0 aliphatic heterocycles. The van der Waals surface area contributed by atoms with Crippen LogP contribution in [0.2, 0.25) is 5.15 Å². The first-order valence-corrected chi connectivity index (χ1v) is 4.42. The first kappa shape index (κ1) is 11.6. The van der Waals surface area contributed by atoms with Crippen LogP contribution in [0.15, 0.2) is 17.1 Å². The molecular formula is C9H9ClN2O3. The van der Waals surface area contributed by atoms with Crippen molar-refractivity contribution >= 4 is 23.8 Å². The Morgan fingerprint density at radius 3 is 3.00 bits per heavy atom. The fourth-order valence-corrected chi connectivity index (χ4v) is 1.15. The third-order valence-electron chi connectivity index (χ3n) is 1.58. The van der Waals surface area contributed by atoms with Crippen molar-refractivity contribution in [1.82, 2.24) is 4.98 Å². The Balaban J connectivity index is 2.98. The van der Waals surface area contributed by atoms with Gasteiger partial charge in [-0.05, 0) is 12.1 Å². The summed E-state index contributed by atoms with van der Waals surface area (Å²) >= 11 is 5.75. The lowest BCUT2D eigenvalue weighted by Crippen LogP contribution is -2.04. The van der Waals surface area contributed by atoms with Crippen molar-refractivity contribution in [3.05, 3.63) is 28.5 Å². The number of aliphatic imine (C=N–C) groups is 1. The number of halogens is 1. The summed E-state index contributed by atoms with van der Waals surface area (Å²) in [6, 6.07) is 3.04. The fourth-order valence-electron chi connectivity index (χ4n) is 0.917. The highest BCUT2D eigenvalue weighted by molar-refractivity contribution is 6.32. The summed E-state index contributed by atoms with van der Waals surface area (Å²) in [5.41, 5.74) is 0.655. The predicted molar refractivity (Wildman–Crippen MR) is 55.3 cm³/mol. The molecule has 6 heteroatoms. The van der Waals surface area contributed by atoms with E-state index in [9.17, 15) is 4.79 Å². The van der Waals surface area contributed by atoms with Gasteiger partial charge in [0.1, 0.15) is 11.9 Å². The minimum Gasteiger partial charge on any atom is -0.465 e. The van der Waals surface area contributed by atoms with Crippen molar-refractivity contribution in [2.75, 3.05) is 13.8 Å². The van der Waals surface area contributed by atoms with Crippen LogP contribution >= 0.6 is 11.6 Å². The summed E-state index contributed by atoms with van der Waals surface area (Å²) in [7, 11) is 1.26. The summed E-state index contributed by atoms with van der Waals surface area (Å²) < 4.78 is 4.50. The smallest absolute Gasteiger partial charge is 0.341 e. The lowest BCUT2D eigenvalue weighted by molar-refractivity contribution is 0.0600. The number of esters is 1. The molecule has 0 aliphatic rings. The molecule has 1 aromatic heterocycles. The van der Waals surface area contributed by atoms with Gasteiger partial charge < -0.3 is 9.84 Å². The summed E-state index contributed by atoms with van der Waals surface area (Å²) in [5, 5.41) is 8.49. The Morgan fingerprint density at radius 2 is 2.47 bits per heavy atom. The number of aliphatic hydroxyl groups is 1. The Hall–Kier alpha value is -1.46. The summed E-state index contributed by atoms with van der Waals surface area (Å²) in [6.07, 6.45) is 1.35. The second-order valence-electron chi connectivity index (χ2n) is 2.52. The number of hydrogen-bond acceptors (Lipinski definition) is 5. The van der Waals surface area contributed by atoms with E-state index in [1.54, 1.807) is 6.07 Å². The van der Waals surface area contributed by atoms with Crippen LogP contribution in [0.5, 0.6) is 0 Å². The number of ether oxygens (including phenoxy) is 1. The zero-order valence-corrected chi connectivity index (χ0v) is 8.73. The lowest BCUT2D eigenvalue weighted by Gasteiger charge is -2.01. The van der Waals surface area contributed by atoms with Crippen molar-refractivity contribution in [2.24, 2.45) is 4.99 Å². The monoisotopic (exact) mass is 228 g/mol. The number of pyridine rings is 1. The van der Waals surface area contributed by atoms with Crippen LogP contribution in [0.3, 0.4) is 0 Å². The first-order chi connectivity index (χ1) is 7.19. The minimum atomic E-state index is -0.543. The number of aromatic nitrogens is 1. The Morgan fingerprint density at radius 1 is 1.73 bits per heavy atom. The standard InChI is InChI=1S/C9H9ClN2O3/c1-15-9(14)7-3-2-6(4-11-5-13)12-8(7)10/h2-4,13H,5H2,1H3.